The van der Waals surface area contributed by atoms with E-state index in [0.29, 0.717) is 11.5 Å². The van der Waals surface area contributed by atoms with Gasteiger partial charge in [-0.05, 0) is 36.8 Å². The number of aryl methyl sites for hydroxylation is 2. The van der Waals surface area contributed by atoms with E-state index in [1.165, 1.54) is 12.3 Å². The Labute approximate surface area is 145 Å². The molecular formula is C16H13BrN4O3. The van der Waals surface area contributed by atoms with E-state index in [1.54, 1.807) is 17.6 Å². The van der Waals surface area contributed by atoms with E-state index in [9.17, 15) is 15.2 Å². The van der Waals surface area contributed by atoms with E-state index < -0.39 is 10.7 Å². The molecule has 24 heavy (non-hydrogen) atoms. The van der Waals surface area contributed by atoms with Gasteiger partial charge in [0.25, 0.3) is 0 Å². The number of nitro benzene ring substituents is 1. The van der Waals surface area contributed by atoms with Crippen LogP contribution in [0.25, 0.3) is 11.0 Å². The molecule has 0 radical (unpaired) electrons. The number of nitrogens with zero attached hydrogens (tertiary/aromatic N) is 4. The summed E-state index contributed by atoms with van der Waals surface area (Å²) < 4.78 is 2.73. The average Bonchev–Trinajstić information content (AvgIpc) is 2.83. The Kier molecular flexibility index (Phi) is 4.06. The molecule has 1 heterocycles. The predicted molar refractivity (Wildman–Crippen MR) is 95.2 cm³/mol. The highest BCUT2D eigenvalue weighted by Crippen LogP contribution is 2.30. The molecule has 3 aromatic rings. The zero-order chi connectivity index (χ0) is 17.4. The summed E-state index contributed by atoms with van der Waals surface area (Å²) in [6.45, 7) is 1.72. The van der Waals surface area contributed by atoms with Crippen molar-refractivity contribution in [2.24, 2.45) is 12.0 Å². The third kappa shape index (κ3) is 2.88. The molecule has 0 amide bonds. The van der Waals surface area contributed by atoms with Crippen LogP contribution in [0.5, 0.6) is 5.75 Å². The maximum Gasteiger partial charge on any atom is 0.311 e. The molecule has 0 atom stereocenters. The quantitative estimate of drug-likeness (QED) is 0.416. The van der Waals surface area contributed by atoms with Crippen LogP contribution < -0.4 is 0 Å². The second-order valence-corrected chi connectivity index (χ2v) is 6.26. The number of imidazole rings is 1. The molecular weight excluding hydrogens is 376 g/mol. The number of aliphatic imine (C=N–C) groups is 1. The van der Waals surface area contributed by atoms with Gasteiger partial charge in [0, 0.05) is 29.4 Å². The molecule has 8 heteroatoms. The minimum absolute atomic E-state index is 0.273. The third-order valence-electron chi connectivity index (χ3n) is 3.60. The second-order valence-electron chi connectivity index (χ2n) is 5.34. The van der Waals surface area contributed by atoms with Crippen molar-refractivity contribution in [1.82, 2.24) is 9.55 Å². The number of aromatic nitrogens is 2. The lowest BCUT2D eigenvalue weighted by atomic mass is 10.1. The van der Waals surface area contributed by atoms with Gasteiger partial charge < -0.3 is 9.67 Å². The summed E-state index contributed by atoms with van der Waals surface area (Å²) >= 11 is 3.41. The van der Waals surface area contributed by atoms with Crippen molar-refractivity contribution < 1.29 is 10.0 Å². The fourth-order valence-electron chi connectivity index (χ4n) is 2.42. The van der Waals surface area contributed by atoms with E-state index in [-0.39, 0.29) is 11.3 Å². The number of hydrogen-bond acceptors (Lipinski definition) is 5. The van der Waals surface area contributed by atoms with Gasteiger partial charge in [0.05, 0.1) is 16.0 Å². The lowest BCUT2D eigenvalue weighted by Gasteiger charge is -2.02. The van der Waals surface area contributed by atoms with Crippen LogP contribution in [0.3, 0.4) is 0 Å². The number of halogens is 1. The first kappa shape index (κ1) is 16.1. The summed E-state index contributed by atoms with van der Waals surface area (Å²) in [4.78, 5) is 19.0. The molecule has 0 spiro atoms. The SMILES string of the molecule is Cc1cc(/C=N/c2nc3ccc(Br)cc3n2C)c(O)c([N+](=O)[O-])c1. The molecule has 1 aromatic heterocycles. The molecule has 7 nitrogen and oxygen atoms in total. The van der Waals surface area contributed by atoms with E-state index >= 15 is 0 Å². The van der Waals surface area contributed by atoms with Gasteiger partial charge in [-0.2, -0.15) is 0 Å². The predicted octanol–water partition coefficient (Wildman–Crippen LogP) is 4.01. The topological polar surface area (TPSA) is 93.5 Å². The standard InChI is InChI=1S/C16H13BrN4O3/c1-9-5-10(15(22)14(6-9)21(23)24)8-18-16-19-12-4-3-11(17)7-13(12)20(16)2/h3-8,22H,1-2H3/b18-8+. The van der Waals surface area contributed by atoms with Gasteiger partial charge >= 0.3 is 5.69 Å². The number of benzene rings is 2. The van der Waals surface area contributed by atoms with Crippen molar-refractivity contribution in [2.45, 2.75) is 6.92 Å². The molecule has 0 unspecified atom stereocenters. The van der Waals surface area contributed by atoms with Gasteiger partial charge in [0.15, 0.2) is 0 Å². The van der Waals surface area contributed by atoms with Crippen molar-refractivity contribution in [3.05, 3.63) is 56.0 Å². The highest BCUT2D eigenvalue weighted by atomic mass is 79.9. The fraction of sp³-hybridized carbons (Fsp3) is 0.125. The number of aromatic hydroxyl groups is 1. The second kappa shape index (κ2) is 6.04. The Bertz CT molecular complexity index is 995. The lowest BCUT2D eigenvalue weighted by molar-refractivity contribution is -0.385. The Morgan fingerprint density at radius 3 is 2.83 bits per heavy atom. The first-order valence-electron chi connectivity index (χ1n) is 7.01. The zero-order valence-electron chi connectivity index (χ0n) is 12.9. The molecule has 0 aliphatic carbocycles. The highest BCUT2D eigenvalue weighted by Gasteiger charge is 2.17. The average molecular weight is 389 g/mol. The van der Waals surface area contributed by atoms with Crippen molar-refractivity contribution in [3.8, 4) is 5.75 Å². The van der Waals surface area contributed by atoms with Gasteiger partial charge in [0.1, 0.15) is 0 Å². The van der Waals surface area contributed by atoms with E-state index in [0.717, 1.165) is 15.5 Å². The Hall–Kier alpha value is -2.74. The largest absolute Gasteiger partial charge is 0.502 e. The summed E-state index contributed by atoms with van der Waals surface area (Å²) in [6, 6.07) is 8.63. The summed E-state index contributed by atoms with van der Waals surface area (Å²) in [6.07, 6.45) is 1.38. The fourth-order valence-corrected chi connectivity index (χ4v) is 2.77. The summed E-state index contributed by atoms with van der Waals surface area (Å²) in [5.74, 6) is 0.0301. The van der Waals surface area contributed by atoms with Crippen molar-refractivity contribution in [1.29, 1.82) is 0 Å². The summed E-state index contributed by atoms with van der Waals surface area (Å²) in [5, 5.41) is 21.0. The van der Waals surface area contributed by atoms with Crippen molar-refractivity contribution in [2.75, 3.05) is 0 Å². The monoisotopic (exact) mass is 388 g/mol. The van der Waals surface area contributed by atoms with Gasteiger partial charge in [-0.1, -0.05) is 15.9 Å². The van der Waals surface area contributed by atoms with Crippen molar-refractivity contribution >= 4 is 44.8 Å². The summed E-state index contributed by atoms with van der Waals surface area (Å²) in [7, 11) is 1.83. The van der Waals surface area contributed by atoms with E-state index in [2.05, 4.69) is 25.9 Å². The number of phenols is 1. The minimum Gasteiger partial charge on any atom is -0.502 e. The smallest absolute Gasteiger partial charge is 0.311 e. The number of hydrogen-bond donors (Lipinski definition) is 1. The molecule has 0 bridgehead atoms. The van der Waals surface area contributed by atoms with E-state index in [4.69, 9.17) is 0 Å². The van der Waals surface area contributed by atoms with Crippen molar-refractivity contribution in [3.63, 3.8) is 0 Å². The van der Waals surface area contributed by atoms with Crippen LogP contribution in [0.4, 0.5) is 11.6 Å². The molecule has 122 valence electrons. The number of fused-ring (bicyclic) bond motifs is 1. The first-order valence-corrected chi connectivity index (χ1v) is 7.80. The molecule has 2 aromatic carbocycles. The maximum atomic E-state index is 11.0. The van der Waals surface area contributed by atoms with Crippen LogP contribution >= 0.6 is 15.9 Å². The Balaban J connectivity index is 2.06. The minimum atomic E-state index is -0.619. The van der Waals surface area contributed by atoms with Crippen LogP contribution in [0.1, 0.15) is 11.1 Å². The molecule has 1 N–H and O–H groups in total. The summed E-state index contributed by atoms with van der Waals surface area (Å²) in [5.41, 5.74) is 2.28. The number of nitro groups is 1. The number of phenolic OH excluding ortho intramolecular Hbond substituents is 1. The van der Waals surface area contributed by atoms with Crippen LogP contribution in [0.2, 0.25) is 0 Å². The molecule has 0 aliphatic heterocycles. The number of rotatable bonds is 3. The van der Waals surface area contributed by atoms with Crippen LogP contribution in [-0.2, 0) is 7.05 Å². The zero-order valence-corrected chi connectivity index (χ0v) is 14.5. The van der Waals surface area contributed by atoms with Crippen LogP contribution in [0.15, 0.2) is 39.8 Å². The molecule has 0 fully saturated rings. The molecule has 0 aliphatic rings. The van der Waals surface area contributed by atoms with Crippen LogP contribution in [0, 0.1) is 17.0 Å². The molecule has 3 rings (SSSR count). The van der Waals surface area contributed by atoms with Gasteiger partial charge in [0.2, 0.25) is 11.7 Å². The van der Waals surface area contributed by atoms with E-state index in [1.807, 2.05) is 25.2 Å². The van der Waals surface area contributed by atoms with Gasteiger partial charge in [-0.15, -0.1) is 0 Å². The molecule has 0 saturated carbocycles. The maximum absolute atomic E-state index is 11.0. The normalized spacial score (nSPS) is 11.5. The Morgan fingerprint density at radius 2 is 2.12 bits per heavy atom. The van der Waals surface area contributed by atoms with Gasteiger partial charge in [-0.25, -0.2) is 9.98 Å². The first-order chi connectivity index (χ1) is 11.4. The molecule has 0 saturated heterocycles. The Morgan fingerprint density at radius 1 is 1.38 bits per heavy atom. The third-order valence-corrected chi connectivity index (χ3v) is 4.09. The van der Waals surface area contributed by atoms with Gasteiger partial charge in [-0.3, -0.25) is 10.1 Å². The highest BCUT2D eigenvalue weighted by molar-refractivity contribution is 9.10. The van der Waals surface area contributed by atoms with Crippen LogP contribution in [-0.4, -0.2) is 25.8 Å². The lowest BCUT2D eigenvalue weighted by Crippen LogP contribution is -1.94.